The smallest absolute Gasteiger partial charge is 0.222 e. The van der Waals surface area contributed by atoms with Crippen LogP contribution in [0.4, 0.5) is 5.95 Å². The molecule has 0 amide bonds. The molecule has 0 aliphatic heterocycles. The summed E-state index contributed by atoms with van der Waals surface area (Å²) >= 11 is 3.20. The van der Waals surface area contributed by atoms with Crippen molar-refractivity contribution >= 4 is 31.9 Å². The van der Waals surface area contributed by atoms with E-state index in [-0.39, 0.29) is 12.3 Å². The van der Waals surface area contributed by atoms with Gasteiger partial charge in [0.2, 0.25) is 16.0 Å². The molecule has 0 spiro atoms. The fourth-order valence-corrected chi connectivity index (χ4v) is 1.58. The molecule has 15 heavy (non-hydrogen) atoms. The molecule has 0 aliphatic carbocycles. The van der Waals surface area contributed by atoms with Gasteiger partial charge in [-0.3, -0.25) is 0 Å². The Balaban J connectivity index is 2.42. The molecular formula is C7H11BrN4O2S. The summed E-state index contributed by atoms with van der Waals surface area (Å²) in [5.74, 6) is 0.396. The highest BCUT2D eigenvalue weighted by Gasteiger charge is 2.05. The van der Waals surface area contributed by atoms with Gasteiger partial charge in [0.1, 0.15) is 0 Å². The molecule has 0 saturated heterocycles. The van der Waals surface area contributed by atoms with Crippen molar-refractivity contribution in [3.63, 3.8) is 0 Å². The monoisotopic (exact) mass is 294 g/mol. The second-order valence-corrected chi connectivity index (χ2v) is 5.64. The Morgan fingerprint density at radius 2 is 2.00 bits per heavy atom. The molecule has 1 rings (SSSR count). The molecule has 0 radical (unpaired) electrons. The van der Waals surface area contributed by atoms with Crippen LogP contribution >= 0.6 is 15.9 Å². The van der Waals surface area contributed by atoms with Crippen molar-refractivity contribution in [1.29, 1.82) is 0 Å². The molecule has 1 aromatic rings. The van der Waals surface area contributed by atoms with Gasteiger partial charge < -0.3 is 5.32 Å². The zero-order valence-electron chi connectivity index (χ0n) is 8.07. The van der Waals surface area contributed by atoms with Gasteiger partial charge in [-0.05, 0) is 23.0 Å². The van der Waals surface area contributed by atoms with E-state index in [9.17, 15) is 8.42 Å². The van der Waals surface area contributed by atoms with Crippen LogP contribution < -0.4 is 10.0 Å². The van der Waals surface area contributed by atoms with Crippen LogP contribution in [0.15, 0.2) is 16.9 Å². The van der Waals surface area contributed by atoms with Gasteiger partial charge in [-0.15, -0.1) is 0 Å². The van der Waals surface area contributed by atoms with Crippen LogP contribution in [-0.2, 0) is 10.0 Å². The molecule has 8 heteroatoms. The molecule has 1 heterocycles. The summed E-state index contributed by atoms with van der Waals surface area (Å²) in [7, 11) is -1.79. The molecule has 6 nitrogen and oxygen atoms in total. The van der Waals surface area contributed by atoms with Crippen LogP contribution in [0.1, 0.15) is 0 Å². The Kier molecular flexibility index (Phi) is 4.43. The Morgan fingerprint density at radius 1 is 1.40 bits per heavy atom. The van der Waals surface area contributed by atoms with Crippen molar-refractivity contribution in [3.05, 3.63) is 16.9 Å². The Labute approximate surface area is 96.7 Å². The van der Waals surface area contributed by atoms with Crippen molar-refractivity contribution in [2.75, 3.05) is 24.7 Å². The van der Waals surface area contributed by atoms with E-state index in [1.165, 1.54) is 7.05 Å². The first kappa shape index (κ1) is 12.3. The molecule has 84 valence electrons. The standard InChI is InChI=1S/C7H11BrN4O2S/c1-9-15(13,14)3-2-10-7-11-4-6(8)5-12-7/h4-5,9H,2-3H2,1H3,(H,10,11,12). The van der Waals surface area contributed by atoms with E-state index in [4.69, 9.17) is 0 Å². The minimum atomic E-state index is -3.18. The molecule has 0 fully saturated rings. The van der Waals surface area contributed by atoms with Crippen LogP contribution in [0.25, 0.3) is 0 Å². The average Bonchev–Trinajstić information content (AvgIpc) is 2.21. The summed E-state index contributed by atoms with van der Waals surface area (Å²) < 4.78 is 25.1. The van der Waals surface area contributed by atoms with E-state index < -0.39 is 10.0 Å². The number of hydrogen-bond acceptors (Lipinski definition) is 5. The van der Waals surface area contributed by atoms with E-state index >= 15 is 0 Å². The number of nitrogens with zero attached hydrogens (tertiary/aromatic N) is 2. The van der Waals surface area contributed by atoms with Crippen LogP contribution in [0.2, 0.25) is 0 Å². The van der Waals surface area contributed by atoms with E-state index in [0.29, 0.717) is 5.95 Å². The molecule has 0 bridgehead atoms. The van der Waals surface area contributed by atoms with Gasteiger partial charge in [-0.25, -0.2) is 23.1 Å². The Morgan fingerprint density at radius 3 is 2.53 bits per heavy atom. The number of aromatic nitrogens is 2. The third-order valence-electron chi connectivity index (χ3n) is 1.59. The second-order valence-electron chi connectivity index (χ2n) is 2.67. The summed E-state index contributed by atoms with van der Waals surface area (Å²) in [6.45, 7) is 0.269. The maximum absolute atomic E-state index is 11.0. The predicted molar refractivity (Wildman–Crippen MR) is 61.1 cm³/mol. The van der Waals surface area contributed by atoms with Gasteiger partial charge in [0, 0.05) is 18.9 Å². The van der Waals surface area contributed by atoms with Crippen molar-refractivity contribution in [2.24, 2.45) is 0 Å². The van der Waals surface area contributed by atoms with Crippen molar-refractivity contribution in [1.82, 2.24) is 14.7 Å². The number of sulfonamides is 1. The highest BCUT2D eigenvalue weighted by atomic mass is 79.9. The highest BCUT2D eigenvalue weighted by molar-refractivity contribution is 9.10. The van der Waals surface area contributed by atoms with Gasteiger partial charge in [-0.2, -0.15) is 0 Å². The molecule has 0 atom stereocenters. The lowest BCUT2D eigenvalue weighted by atomic mass is 10.6. The number of hydrogen-bond donors (Lipinski definition) is 2. The fraction of sp³-hybridized carbons (Fsp3) is 0.429. The second kappa shape index (κ2) is 5.38. The number of halogens is 1. The number of rotatable bonds is 5. The van der Waals surface area contributed by atoms with E-state index in [0.717, 1.165) is 4.47 Å². The minimum Gasteiger partial charge on any atom is -0.353 e. The van der Waals surface area contributed by atoms with Crippen molar-refractivity contribution in [3.8, 4) is 0 Å². The van der Waals surface area contributed by atoms with Crippen LogP contribution in [-0.4, -0.2) is 37.7 Å². The summed E-state index contributed by atoms with van der Waals surface area (Å²) in [5.41, 5.74) is 0. The van der Waals surface area contributed by atoms with Crippen molar-refractivity contribution in [2.45, 2.75) is 0 Å². The fourth-order valence-electron chi connectivity index (χ4n) is 0.803. The van der Waals surface area contributed by atoms with Gasteiger partial charge in [0.05, 0.1) is 10.2 Å². The Hall–Kier alpha value is -0.730. The minimum absolute atomic E-state index is 0.0110. The summed E-state index contributed by atoms with van der Waals surface area (Å²) in [6, 6.07) is 0. The third-order valence-corrected chi connectivity index (χ3v) is 3.36. The lowest BCUT2D eigenvalue weighted by Crippen LogP contribution is -2.26. The molecule has 0 unspecified atom stereocenters. The van der Waals surface area contributed by atoms with Gasteiger partial charge in [-0.1, -0.05) is 0 Å². The van der Waals surface area contributed by atoms with Gasteiger partial charge in [0.15, 0.2) is 0 Å². The zero-order valence-corrected chi connectivity index (χ0v) is 10.5. The molecular weight excluding hydrogens is 284 g/mol. The van der Waals surface area contributed by atoms with Gasteiger partial charge in [0.25, 0.3) is 0 Å². The summed E-state index contributed by atoms with van der Waals surface area (Å²) in [4.78, 5) is 7.88. The first-order valence-electron chi connectivity index (χ1n) is 4.16. The lowest BCUT2D eigenvalue weighted by molar-refractivity contribution is 0.588. The van der Waals surface area contributed by atoms with Crippen molar-refractivity contribution < 1.29 is 8.42 Å². The molecule has 0 saturated carbocycles. The first-order valence-corrected chi connectivity index (χ1v) is 6.60. The third kappa shape index (κ3) is 4.54. The largest absolute Gasteiger partial charge is 0.353 e. The quantitative estimate of drug-likeness (QED) is 0.810. The predicted octanol–water partition coefficient (Wildman–Crippen LogP) is 0.200. The van der Waals surface area contributed by atoms with Crippen LogP contribution in [0.3, 0.4) is 0 Å². The molecule has 0 aliphatic rings. The van der Waals surface area contributed by atoms with E-state index in [1.54, 1.807) is 12.4 Å². The zero-order chi connectivity index (χ0) is 11.3. The molecule has 2 N–H and O–H groups in total. The normalized spacial score (nSPS) is 11.3. The Bertz CT molecular complexity index is 406. The maximum atomic E-state index is 11.0. The molecule has 0 aromatic carbocycles. The lowest BCUT2D eigenvalue weighted by Gasteiger charge is -2.04. The average molecular weight is 295 g/mol. The summed E-state index contributed by atoms with van der Waals surface area (Å²) in [5, 5.41) is 2.80. The maximum Gasteiger partial charge on any atom is 0.222 e. The van der Waals surface area contributed by atoms with Crippen LogP contribution in [0.5, 0.6) is 0 Å². The topological polar surface area (TPSA) is 84.0 Å². The number of nitrogens with one attached hydrogen (secondary N) is 2. The summed E-state index contributed by atoms with van der Waals surface area (Å²) in [6.07, 6.45) is 3.17. The SMILES string of the molecule is CNS(=O)(=O)CCNc1ncc(Br)cn1. The molecule has 1 aromatic heterocycles. The van der Waals surface area contributed by atoms with Crippen LogP contribution in [0, 0.1) is 0 Å². The van der Waals surface area contributed by atoms with E-state index in [2.05, 4.69) is 35.9 Å². The highest BCUT2D eigenvalue weighted by Crippen LogP contribution is 2.06. The number of anilines is 1. The first-order chi connectivity index (χ1) is 7.03. The van der Waals surface area contributed by atoms with E-state index in [1.807, 2.05) is 0 Å². The van der Waals surface area contributed by atoms with Gasteiger partial charge >= 0.3 is 0 Å².